The largest absolute Gasteiger partial charge is 0.457 e. The summed E-state index contributed by atoms with van der Waals surface area (Å²) >= 11 is 0. The Labute approximate surface area is 203 Å². The third-order valence-electron chi connectivity index (χ3n) is 5.73. The topological polar surface area (TPSA) is 88.8 Å². The fourth-order valence-electron chi connectivity index (χ4n) is 3.80. The van der Waals surface area contributed by atoms with E-state index in [1.54, 1.807) is 36.4 Å². The highest BCUT2D eigenvalue weighted by Gasteiger charge is 2.25. The minimum absolute atomic E-state index is 0.323. The van der Waals surface area contributed by atoms with E-state index in [2.05, 4.69) is 5.32 Å². The molecule has 1 aromatic heterocycles. The van der Waals surface area contributed by atoms with Crippen LogP contribution >= 0.6 is 0 Å². The summed E-state index contributed by atoms with van der Waals surface area (Å²) in [4.78, 5) is 12.9. The van der Waals surface area contributed by atoms with Crippen LogP contribution in [0.15, 0.2) is 65.1 Å². The third-order valence-corrected chi connectivity index (χ3v) is 6.92. The number of sulfonamides is 1. The van der Waals surface area contributed by atoms with Gasteiger partial charge in [-0.15, -0.1) is 0 Å². The van der Waals surface area contributed by atoms with E-state index in [4.69, 9.17) is 9.15 Å². The molecule has 9 heteroatoms. The lowest BCUT2D eigenvalue weighted by Crippen LogP contribution is -2.25. The average Bonchev–Trinajstić information content (AvgIpc) is 3.21. The van der Waals surface area contributed by atoms with Gasteiger partial charge >= 0.3 is 0 Å². The van der Waals surface area contributed by atoms with Crippen LogP contribution in [0.2, 0.25) is 0 Å². The van der Waals surface area contributed by atoms with E-state index < -0.39 is 10.0 Å². The smallest absolute Gasteiger partial charge is 0.255 e. The van der Waals surface area contributed by atoms with Crippen molar-refractivity contribution < 1.29 is 26.8 Å². The van der Waals surface area contributed by atoms with Crippen molar-refractivity contribution in [1.82, 2.24) is 5.32 Å². The molecule has 0 saturated carbocycles. The number of hydrogen-bond acceptors (Lipinski definition) is 5. The van der Waals surface area contributed by atoms with Gasteiger partial charge in [-0.3, -0.25) is 9.10 Å². The van der Waals surface area contributed by atoms with Crippen LogP contribution < -0.4 is 14.4 Å². The number of fused-ring (bicyclic) bond motifs is 1. The second kappa shape index (κ2) is 9.42. The summed E-state index contributed by atoms with van der Waals surface area (Å²) in [5.74, 6) is 0.703. The summed E-state index contributed by atoms with van der Waals surface area (Å²) in [6.07, 6.45) is 1.70. The quantitative estimate of drug-likeness (QED) is 0.373. The first-order valence-electron chi connectivity index (χ1n) is 10.9. The highest BCUT2D eigenvalue weighted by molar-refractivity contribution is 7.92. The Morgan fingerprint density at radius 2 is 1.66 bits per heavy atom. The second-order valence-electron chi connectivity index (χ2n) is 8.03. The molecule has 1 amide bonds. The van der Waals surface area contributed by atoms with E-state index in [0.29, 0.717) is 51.5 Å². The number of aryl methyl sites for hydroxylation is 1. The summed E-state index contributed by atoms with van der Waals surface area (Å²) < 4.78 is 50.5. The summed E-state index contributed by atoms with van der Waals surface area (Å²) in [5, 5.41) is 3.25. The zero-order chi connectivity index (χ0) is 25.3. The molecule has 7 nitrogen and oxygen atoms in total. The zero-order valence-electron chi connectivity index (χ0n) is 19.8. The lowest BCUT2D eigenvalue weighted by atomic mass is 10.0. The van der Waals surface area contributed by atoms with Crippen LogP contribution in [-0.2, 0) is 16.4 Å². The number of nitrogens with one attached hydrogen (secondary N) is 1. The van der Waals surface area contributed by atoms with Crippen LogP contribution in [0.4, 0.5) is 10.1 Å². The second-order valence-corrected chi connectivity index (χ2v) is 10.0. The standard InChI is InChI=1S/C26H25FN2O5S/c1-5-16-14-21-23(15-22(16)29(3)35(4,31)32)34-25(24(21)26(30)28-2)17-6-10-19(11-7-17)33-20-12-8-18(27)9-13-20/h6-15H,5H2,1-4H3,(H,28,30). The lowest BCUT2D eigenvalue weighted by Gasteiger charge is -2.19. The Morgan fingerprint density at radius 3 is 2.20 bits per heavy atom. The first-order chi connectivity index (χ1) is 16.6. The predicted molar refractivity (Wildman–Crippen MR) is 134 cm³/mol. The van der Waals surface area contributed by atoms with Gasteiger partial charge in [-0.05, 0) is 66.6 Å². The van der Waals surface area contributed by atoms with Gasteiger partial charge in [-0.25, -0.2) is 12.8 Å². The number of furan rings is 1. The molecule has 1 N–H and O–H groups in total. The molecule has 0 atom stereocenters. The fraction of sp³-hybridized carbons (Fsp3) is 0.192. The summed E-state index contributed by atoms with van der Waals surface area (Å²) in [7, 11) is -0.465. The highest BCUT2D eigenvalue weighted by atomic mass is 32.2. The van der Waals surface area contributed by atoms with Gasteiger partial charge in [-0.1, -0.05) is 6.92 Å². The molecule has 4 aromatic rings. The molecule has 35 heavy (non-hydrogen) atoms. The first kappa shape index (κ1) is 24.3. The van der Waals surface area contributed by atoms with Gasteiger partial charge in [0, 0.05) is 31.1 Å². The molecular formula is C26H25FN2O5S. The molecule has 0 unspecified atom stereocenters. The molecule has 0 aliphatic rings. The highest BCUT2D eigenvalue weighted by Crippen LogP contribution is 2.38. The van der Waals surface area contributed by atoms with Crippen molar-refractivity contribution in [2.24, 2.45) is 0 Å². The molecule has 182 valence electrons. The molecule has 0 saturated heterocycles. The van der Waals surface area contributed by atoms with Crippen molar-refractivity contribution in [3.8, 4) is 22.8 Å². The van der Waals surface area contributed by atoms with Crippen LogP contribution in [0.3, 0.4) is 0 Å². The molecule has 0 fully saturated rings. The van der Waals surface area contributed by atoms with Crippen LogP contribution in [0.25, 0.3) is 22.3 Å². The predicted octanol–water partition coefficient (Wildman–Crippen LogP) is 5.35. The van der Waals surface area contributed by atoms with E-state index in [0.717, 1.165) is 11.8 Å². The zero-order valence-corrected chi connectivity index (χ0v) is 20.6. The fourth-order valence-corrected chi connectivity index (χ4v) is 4.33. The maximum absolute atomic E-state index is 13.1. The molecule has 0 radical (unpaired) electrons. The normalized spacial score (nSPS) is 11.5. The van der Waals surface area contributed by atoms with Gasteiger partial charge in [0.15, 0.2) is 0 Å². The van der Waals surface area contributed by atoms with E-state index >= 15 is 0 Å². The van der Waals surface area contributed by atoms with Crippen LogP contribution in [0.5, 0.6) is 11.5 Å². The average molecular weight is 497 g/mol. The van der Waals surface area contributed by atoms with E-state index in [9.17, 15) is 17.6 Å². The minimum atomic E-state index is -3.49. The number of nitrogens with zero attached hydrogens (tertiary/aromatic N) is 1. The van der Waals surface area contributed by atoms with Crippen LogP contribution in [-0.4, -0.2) is 34.7 Å². The van der Waals surface area contributed by atoms with Crippen LogP contribution in [0.1, 0.15) is 22.8 Å². The van der Waals surface area contributed by atoms with Gasteiger partial charge < -0.3 is 14.5 Å². The molecule has 0 spiro atoms. The van der Waals surface area contributed by atoms with Crippen molar-refractivity contribution in [3.05, 3.63) is 77.6 Å². The van der Waals surface area contributed by atoms with Gasteiger partial charge in [0.25, 0.3) is 5.91 Å². The van der Waals surface area contributed by atoms with E-state index in [1.165, 1.54) is 42.7 Å². The lowest BCUT2D eigenvalue weighted by molar-refractivity contribution is 0.0964. The monoisotopic (exact) mass is 496 g/mol. The Bertz CT molecular complexity index is 1490. The number of hydrogen-bond donors (Lipinski definition) is 1. The molecule has 0 aliphatic heterocycles. The van der Waals surface area contributed by atoms with Crippen molar-refractivity contribution in [1.29, 1.82) is 0 Å². The summed E-state index contributed by atoms with van der Waals surface area (Å²) in [6, 6.07) is 16.1. The van der Waals surface area contributed by atoms with Gasteiger partial charge in [0.1, 0.15) is 28.7 Å². The number of halogens is 1. The van der Waals surface area contributed by atoms with Gasteiger partial charge in [-0.2, -0.15) is 0 Å². The molecule has 0 bridgehead atoms. The van der Waals surface area contributed by atoms with Crippen molar-refractivity contribution in [3.63, 3.8) is 0 Å². The van der Waals surface area contributed by atoms with Crippen molar-refractivity contribution >= 4 is 32.6 Å². The molecule has 1 heterocycles. The SMILES string of the molecule is CCc1cc2c(C(=O)NC)c(-c3ccc(Oc4ccc(F)cc4)cc3)oc2cc1N(C)S(C)(=O)=O. The number of benzene rings is 3. The Morgan fingerprint density at radius 1 is 1.06 bits per heavy atom. The Hall–Kier alpha value is -3.85. The van der Waals surface area contributed by atoms with E-state index in [-0.39, 0.29) is 11.7 Å². The molecule has 3 aromatic carbocycles. The Kier molecular flexibility index (Phi) is 6.53. The number of ether oxygens (including phenoxy) is 1. The molecule has 4 rings (SSSR count). The van der Waals surface area contributed by atoms with Gasteiger partial charge in [0.2, 0.25) is 10.0 Å². The van der Waals surface area contributed by atoms with Crippen molar-refractivity contribution in [2.75, 3.05) is 24.7 Å². The maximum Gasteiger partial charge on any atom is 0.255 e. The van der Waals surface area contributed by atoms with Gasteiger partial charge in [0.05, 0.1) is 17.5 Å². The number of rotatable bonds is 7. The number of amides is 1. The summed E-state index contributed by atoms with van der Waals surface area (Å²) in [6.45, 7) is 1.92. The molecule has 0 aliphatic carbocycles. The number of carbonyl (C=O) groups excluding carboxylic acids is 1. The Balaban J connectivity index is 1.80. The number of anilines is 1. The molecular weight excluding hydrogens is 471 g/mol. The third kappa shape index (κ3) is 4.85. The van der Waals surface area contributed by atoms with Crippen LogP contribution in [0, 0.1) is 5.82 Å². The van der Waals surface area contributed by atoms with E-state index in [1.807, 2.05) is 6.92 Å². The number of carbonyl (C=O) groups is 1. The maximum atomic E-state index is 13.1. The minimum Gasteiger partial charge on any atom is -0.457 e. The summed E-state index contributed by atoms with van der Waals surface area (Å²) in [5.41, 5.74) is 2.66. The first-order valence-corrected chi connectivity index (χ1v) is 12.8. The van der Waals surface area contributed by atoms with Crippen molar-refractivity contribution in [2.45, 2.75) is 13.3 Å².